The molecule has 0 spiro atoms. The minimum absolute atomic E-state index is 0.479. The van der Waals surface area contributed by atoms with E-state index in [4.69, 9.17) is 16.3 Å². The summed E-state index contributed by atoms with van der Waals surface area (Å²) >= 11 is 5.91. The molecular weight excluding hydrogens is 344 g/mol. The first kappa shape index (κ1) is 18.0. The fraction of sp³-hybridized carbons (Fsp3) is 0.136. The number of nitrogens with zero attached hydrogens (tertiary/aromatic N) is 1. The molecule has 0 heterocycles. The van der Waals surface area contributed by atoms with E-state index >= 15 is 0 Å². The standard InChI is InChI=1S/C22H21ClN2O/c1-16-7-12-21(13-17(16)2)25-24-14-19-5-3-4-6-22(19)26-15-18-8-10-20(23)11-9-18/h3-14,25H,15H2,1-2H3. The van der Waals surface area contributed by atoms with Gasteiger partial charge in [-0.3, -0.25) is 5.43 Å². The number of hydrogen-bond acceptors (Lipinski definition) is 3. The molecule has 4 heteroatoms. The van der Waals surface area contributed by atoms with Gasteiger partial charge in [0.1, 0.15) is 12.4 Å². The van der Waals surface area contributed by atoms with Gasteiger partial charge in [0.15, 0.2) is 0 Å². The number of ether oxygens (including phenoxy) is 1. The molecule has 3 aromatic rings. The predicted molar refractivity (Wildman–Crippen MR) is 109 cm³/mol. The van der Waals surface area contributed by atoms with Gasteiger partial charge in [-0.2, -0.15) is 5.10 Å². The molecule has 0 aliphatic carbocycles. The lowest BCUT2D eigenvalue weighted by Crippen LogP contribution is -1.99. The number of nitrogens with one attached hydrogen (secondary N) is 1. The maximum absolute atomic E-state index is 5.94. The summed E-state index contributed by atoms with van der Waals surface area (Å²) in [6.07, 6.45) is 1.77. The highest BCUT2D eigenvalue weighted by Crippen LogP contribution is 2.19. The number of aryl methyl sites for hydroxylation is 2. The minimum atomic E-state index is 0.479. The molecule has 3 nitrogen and oxygen atoms in total. The van der Waals surface area contributed by atoms with Crippen molar-refractivity contribution in [1.29, 1.82) is 0 Å². The van der Waals surface area contributed by atoms with Gasteiger partial charge in [-0.1, -0.05) is 41.9 Å². The van der Waals surface area contributed by atoms with Crippen molar-refractivity contribution in [2.24, 2.45) is 5.10 Å². The number of para-hydroxylation sites is 1. The molecule has 132 valence electrons. The van der Waals surface area contributed by atoms with Crippen LogP contribution in [0.25, 0.3) is 0 Å². The van der Waals surface area contributed by atoms with Gasteiger partial charge in [0.2, 0.25) is 0 Å². The third-order valence-corrected chi connectivity index (χ3v) is 4.38. The quantitative estimate of drug-likeness (QED) is 0.431. The second-order valence-electron chi connectivity index (χ2n) is 6.12. The van der Waals surface area contributed by atoms with E-state index in [1.807, 2.05) is 54.6 Å². The third kappa shape index (κ3) is 4.87. The summed E-state index contributed by atoms with van der Waals surface area (Å²) in [5.41, 5.74) is 8.51. The Balaban J connectivity index is 1.66. The topological polar surface area (TPSA) is 33.6 Å². The first-order valence-corrected chi connectivity index (χ1v) is 8.82. The Morgan fingerprint density at radius 2 is 1.73 bits per heavy atom. The summed E-state index contributed by atoms with van der Waals surface area (Å²) in [5, 5.41) is 5.06. The van der Waals surface area contributed by atoms with Gasteiger partial charge < -0.3 is 4.74 Å². The van der Waals surface area contributed by atoms with Crippen molar-refractivity contribution in [3.63, 3.8) is 0 Å². The van der Waals surface area contributed by atoms with Crippen molar-refractivity contribution in [2.45, 2.75) is 20.5 Å². The summed E-state index contributed by atoms with van der Waals surface area (Å²) in [6, 6.07) is 21.6. The molecule has 0 saturated heterocycles. The Kier molecular flexibility index (Phi) is 5.92. The van der Waals surface area contributed by atoms with E-state index in [0.29, 0.717) is 6.61 Å². The highest BCUT2D eigenvalue weighted by Gasteiger charge is 2.02. The SMILES string of the molecule is Cc1ccc(NN=Cc2ccccc2OCc2ccc(Cl)cc2)cc1C. The minimum Gasteiger partial charge on any atom is -0.488 e. The second-order valence-corrected chi connectivity index (χ2v) is 6.56. The van der Waals surface area contributed by atoms with Gasteiger partial charge >= 0.3 is 0 Å². The highest BCUT2D eigenvalue weighted by atomic mass is 35.5. The van der Waals surface area contributed by atoms with E-state index < -0.39 is 0 Å². The average molecular weight is 365 g/mol. The molecule has 0 atom stereocenters. The van der Waals surface area contributed by atoms with Crippen LogP contribution in [-0.2, 0) is 6.61 Å². The van der Waals surface area contributed by atoms with Gasteiger partial charge in [-0.25, -0.2) is 0 Å². The van der Waals surface area contributed by atoms with Crippen molar-refractivity contribution < 1.29 is 4.74 Å². The van der Waals surface area contributed by atoms with Crippen molar-refractivity contribution in [3.05, 3.63) is 94.0 Å². The zero-order valence-corrected chi connectivity index (χ0v) is 15.6. The molecule has 0 aliphatic rings. The first-order valence-electron chi connectivity index (χ1n) is 8.44. The number of rotatable bonds is 6. The summed E-state index contributed by atoms with van der Waals surface area (Å²) in [5.74, 6) is 0.785. The molecule has 0 amide bonds. The Labute approximate surface area is 159 Å². The smallest absolute Gasteiger partial charge is 0.128 e. The van der Waals surface area contributed by atoms with Crippen LogP contribution in [-0.4, -0.2) is 6.21 Å². The van der Waals surface area contributed by atoms with Gasteiger partial charge in [-0.05, 0) is 66.9 Å². The normalized spacial score (nSPS) is 10.9. The third-order valence-electron chi connectivity index (χ3n) is 4.13. The molecule has 0 saturated carbocycles. The maximum atomic E-state index is 5.94. The van der Waals surface area contributed by atoms with Gasteiger partial charge in [0.25, 0.3) is 0 Å². The predicted octanol–water partition coefficient (Wildman–Crippen LogP) is 5.98. The van der Waals surface area contributed by atoms with Crippen LogP contribution in [0.3, 0.4) is 0 Å². The van der Waals surface area contributed by atoms with Crippen molar-refractivity contribution in [3.8, 4) is 5.75 Å². The van der Waals surface area contributed by atoms with Crippen LogP contribution in [0.4, 0.5) is 5.69 Å². The van der Waals surface area contributed by atoms with Gasteiger partial charge in [0.05, 0.1) is 11.9 Å². The number of hydrogen-bond donors (Lipinski definition) is 1. The summed E-state index contributed by atoms with van der Waals surface area (Å²) in [7, 11) is 0. The van der Waals surface area contributed by atoms with Crippen LogP contribution in [0.15, 0.2) is 71.8 Å². The Morgan fingerprint density at radius 1 is 0.962 bits per heavy atom. The van der Waals surface area contributed by atoms with E-state index in [0.717, 1.165) is 27.6 Å². The Morgan fingerprint density at radius 3 is 2.50 bits per heavy atom. The fourth-order valence-electron chi connectivity index (χ4n) is 2.45. The van der Waals surface area contributed by atoms with Crippen molar-refractivity contribution >= 4 is 23.5 Å². The van der Waals surface area contributed by atoms with E-state index in [1.54, 1.807) is 6.21 Å². The number of hydrazone groups is 1. The molecule has 26 heavy (non-hydrogen) atoms. The van der Waals surface area contributed by atoms with Crippen LogP contribution in [0.5, 0.6) is 5.75 Å². The van der Waals surface area contributed by atoms with Crippen LogP contribution in [0.1, 0.15) is 22.3 Å². The number of halogens is 1. The van der Waals surface area contributed by atoms with Gasteiger partial charge in [0, 0.05) is 10.6 Å². The molecule has 0 aliphatic heterocycles. The highest BCUT2D eigenvalue weighted by molar-refractivity contribution is 6.30. The largest absolute Gasteiger partial charge is 0.488 e. The number of benzene rings is 3. The van der Waals surface area contributed by atoms with Crippen LogP contribution < -0.4 is 10.2 Å². The molecule has 0 fully saturated rings. The van der Waals surface area contributed by atoms with E-state index in [-0.39, 0.29) is 0 Å². The first-order chi connectivity index (χ1) is 12.6. The molecule has 3 aromatic carbocycles. The van der Waals surface area contributed by atoms with Crippen LogP contribution in [0.2, 0.25) is 5.02 Å². The van der Waals surface area contributed by atoms with Crippen LogP contribution in [0, 0.1) is 13.8 Å². The lowest BCUT2D eigenvalue weighted by atomic mass is 10.1. The fourth-order valence-corrected chi connectivity index (χ4v) is 2.57. The zero-order valence-electron chi connectivity index (χ0n) is 14.9. The Bertz CT molecular complexity index is 904. The molecule has 0 radical (unpaired) electrons. The molecule has 1 N–H and O–H groups in total. The summed E-state index contributed by atoms with van der Waals surface area (Å²) in [4.78, 5) is 0. The van der Waals surface area contributed by atoms with E-state index in [2.05, 4.69) is 36.5 Å². The maximum Gasteiger partial charge on any atom is 0.128 e. The van der Waals surface area contributed by atoms with E-state index in [1.165, 1.54) is 11.1 Å². The average Bonchev–Trinajstić information content (AvgIpc) is 2.65. The lowest BCUT2D eigenvalue weighted by molar-refractivity contribution is 0.306. The van der Waals surface area contributed by atoms with Crippen molar-refractivity contribution in [2.75, 3.05) is 5.43 Å². The number of anilines is 1. The lowest BCUT2D eigenvalue weighted by Gasteiger charge is -2.09. The monoisotopic (exact) mass is 364 g/mol. The Hall–Kier alpha value is -2.78. The second kappa shape index (κ2) is 8.54. The molecule has 0 bridgehead atoms. The zero-order chi connectivity index (χ0) is 18.4. The molecule has 3 rings (SSSR count). The summed E-state index contributed by atoms with van der Waals surface area (Å²) < 4.78 is 5.94. The van der Waals surface area contributed by atoms with Crippen molar-refractivity contribution in [1.82, 2.24) is 0 Å². The molecule has 0 aromatic heterocycles. The molecule has 0 unspecified atom stereocenters. The summed E-state index contributed by atoms with van der Waals surface area (Å²) in [6.45, 7) is 4.66. The van der Waals surface area contributed by atoms with Gasteiger partial charge in [-0.15, -0.1) is 0 Å². The van der Waals surface area contributed by atoms with E-state index in [9.17, 15) is 0 Å². The van der Waals surface area contributed by atoms with Crippen LogP contribution >= 0.6 is 11.6 Å². The molecular formula is C22H21ClN2O.